The van der Waals surface area contributed by atoms with Gasteiger partial charge in [0.2, 0.25) is 6.79 Å². The summed E-state index contributed by atoms with van der Waals surface area (Å²) in [6, 6.07) is 16.7. The van der Waals surface area contributed by atoms with Crippen molar-refractivity contribution >= 4 is 22.9 Å². The summed E-state index contributed by atoms with van der Waals surface area (Å²) in [6.07, 6.45) is 1.47. The Hall–Kier alpha value is -3.58. The standard InChI is InChI=1S/C21H14N2O4S/c24-20(18-2-1-9-25-18)22-15-6-3-13(4-7-15)21-23-16(11-28-21)14-5-8-17-19(10-14)27-12-26-17/h1-11H,12H2,(H,22,24). The zero-order valence-corrected chi connectivity index (χ0v) is 15.4. The van der Waals surface area contributed by atoms with E-state index in [0.29, 0.717) is 5.69 Å². The van der Waals surface area contributed by atoms with E-state index in [1.165, 1.54) is 6.26 Å². The molecule has 1 N–H and O–H groups in total. The Balaban J connectivity index is 1.34. The lowest BCUT2D eigenvalue weighted by molar-refractivity contribution is 0.0996. The SMILES string of the molecule is O=C(Nc1ccc(-c2nc(-c3ccc4c(c3)OCO4)cs2)cc1)c1ccco1. The zero-order chi connectivity index (χ0) is 18.9. The zero-order valence-electron chi connectivity index (χ0n) is 14.5. The van der Waals surface area contributed by atoms with E-state index >= 15 is 0 Å². The van der Waals surface area contributed by atoms with Crippen molar-refractivity contribution < 1.29 is 18.7 Å². The number of furan rings is 1. The van der Waals surface area contributed by atoms with Crippen LogP contribution in [0.5, 0.6) is 11.5 Å². The van der Waals surface area contributed by atoms with Gasteiger partial charge in [-0.05, 0) is 54.6 Å². The summed E-state index contributed by atoms with van der Waals surface area (Å²) in [5.74, 6) is 1.49. The topological polar surface area (TPSA) is 73.6 Å². The van der Waals surface area contributed by atoms with Gasteiger partial charge in [-0.3, -0.25) is 4.79 Å². The molecule has 7 heteroatoms. The van der Waals surface area contributed by atoms with E-state index in [9.17, 15) is 4.79 Å². The Labute approximate surface area is 164 Å². The number of rotatable bonds is 4. The van der Waals surface area contributed by atoms with Crippen LogP contribution in [0.2, 0.25) is 0 Å². The van der Waals surface area contributed by atoms with Crippen LogP contribution in [0.15, 0.2) is 70.7 Å². The first-order valence-electron chi connectivity index (χ1n) is 8.57. The number of nitrogens with zero attached hydrogens (tertiary/aromatic N) is 1. The summed E-state index contributed by atoms with van der Waals surface area (Å²) >= 11 is 1.56. The predicted octanol–water partition coefficient (Wildman–Crippen LogP) is 5.05. The van der Waals surface area contributed by atoms with E-state index in [4.69, 9.17) is 18.9 Å². The highest BCUT2D eigenvalue weighted by molar-refractivity contribution is 7.13. The van der Waals surface area contributed by atoms with Crippen LogP contribution in [0, 0.1) is 0 Å². The normalized spacial score (nSPS) is 12.1. The molecule has 28 heavy (non-hydrogen) atoms. The number of nitrogens with one attached hydrogen (secondary N) is 1. The number of benzene rings is 2. The molecular weight excluding hydrogens is 376 g/mol. The predicted molar refractivity (Wildman–Crippen MR) is 106 cm³/mol. The number of thiazole rings is 1. The molecule has 1 amide bonds. The minimum Gasteiger partial charge on any atom is -0.459 e. The first-order valence-corrected chi connectivity index (χ1v) is 9.45. The fraction of sp³-hybridized carbons (Fsp3) is 0.0476. The van der Waals surface area contributed by atoms with Crippen molar-refractivity contribution in [3.05, 3.63) is 72.0 Å². The minimum atomic E-state index is -0.280. The lowest BCUT2D eigenvalue weighted by atomic mass is 10.1. The molecule has 6 nitrogen and oxygen atoms in total. The van der Waals surface area contributed by atoms with Crippen molar-refractivity contribution in [1.29, 1.82) is 0 Å². The van der Waals surface area contributed by atoms with Crippen molar-refractivity contribution in [2.75, 3.05) is 12.1 Å². The van der Waals surface area contributed by atoms with E-state index in [1.54, 1.807) is 23.5 Å². The monoisotopic (exact) mass is 390 g/mol. The smallest absolute Gasteiger partial charge is 0.291 e. The molecule has 0 saturated heterocycles. The van der Waals surface area contributed by atoms with Crippen molar-refractivity contribution in [1.82, 2.24) is 4.98 Å². The summed E-state index contributed by atoms with van der Waals surface area (Å²) in [6.45, 7) is 0.254. The van der Waals surface area contributed by atoms with Crippen LogP contribution in [-0.2, 0) is 0 Å². The highest BCUT2D eigenvalue weighted by Gasteiger charge is 2.15. The molecule has 0 bridgehead atoms. The Morgan fingerprint density at radius 3 is 2.64 bits per heavy atom. The third-order valence-corrected chi connectivity index (χ3v) is 5.20. The fourth-order valence-electron chi connectivity index (χ4n) is 2.89. The van der Waals surface area contributed by atoms with E-state index in [1.807, 2.05) is 47.8 Å². The van der Waals surface area contributed by atoms with Crippen LogP contribution in [0.25, 0.3) is 21.8 Å². The van der Waals surface area contributed by atoms with E-state index in [0.717, 1.165) is 33.3 Å². The molecule has 2 aromatic carbocycles. The molecule has 0 fully saturated rings. The molecular formula is C21H14N2O4S. The summed E-state index contributed by atoms with van der Waals surface area (Å²) in [5.41, 5.74) is 3.54. The van der Waals surface area contributed by atoms with Crippen molar-refractivity contribution in [2.24, 2.45) is 0 Å². The van der Waals surface area contributed by atoms with Gasteiger partial charge in [-0.25, -0.2) is 4.98 Å². The van der Waals surface area contributed by atoms with Crippen molar-refractivity contribution in [3.63, 3.8) is 0 Å². The molecule has 4 aromatic rings. The molecule has 3 heterocycles. The summed E-state index contributed by atoms with van der Waals surface area (Å²) in [4.78, 5) is 16.8. The number of carbonyl (C=O) groups excluding carboxylic acids is 1. The molecule has 1 aliphatic heterocycles. The van der Waals surface area contributed by atoms with Gasteiger partial charge in [0, 0.05) is 22.2 Å². The average molecular weight is 390 g/mol. The summed E-state index contributed by atoms with van der Waals surface area (Å²) in [7, 11) is 0. The first kappa shape index (κ1) is 16.6. The summed E-state index contributed by atoms with van der Waals surface area (Å²) in [5, 5.41) is 5.72. The molecule has 138 valence electrons. The quantitative estimate of drug-likeness (QED) is 0.528. The van der Waals surface area contributed by atoms with Gasteiger partial charge in [-0.2, -0.15) is 0 Å². The molecule has 2 aromatic heterocycles. The second-order valence-corrected chi connectivity index (χ2v) is 6.97. The maximum atomic E-state index is 12.0. The number of anilines is 1. The number of aromatic nitrogens is 1. The molecule has 0 aliphatic carbocycles. The lowest BCUT2D eigenvalue weighted by Crippen LogP contribution is -2.10. The Bertz CT molecular complexity index is 1130. The van der Waals surface area contributed by atoms with Crippen LogP contribution in [0.1, 0.15) is 10.6 Å². The maximum Gasteiger partial charge on any atom is 0.291 e. The third kappa shape index (κ3) is 3.12. The van der Waals surface area contributed by atoms with E-state index < -0.39 is 0 Å². The van der Waals surface area contributed by atoms with Gasteiger partial charge < -0.3 is 19.2 Å². The van der Waals surface area contributed by atoms with Gasteiger partial charge >= 0.3 is 0 Å². The summed E-state index contributed by atoms with van der Waals surface area (Å²) < 4.78 is 15.9. The molecule has 0 unspecified atom stereocenters. The van der Waals surface area contributed by atoms with Gasteiger partial charge in [-0.15, -0.1) is 11.3 Å². The Morgan fingerprint density at radius 1 is 1.00 bits per heavy atom. The Kier molecular flexibility index (Phi) is 4.06. The van der Waals surface area contributed by atoms with E-state index in [-0.39, 0.29) is 18.5 Å². The van der Waals surface area contributed by atoms with E-state index in [2.05, 4.69) is 5.32 Å². The van der Waals surface area contributed by atoms with Crippen LogP contribution >= 0.6 is 11.3 Å². The van der Waals surface area contributed by atoms with Gasteiger partial charge in [0.15, 0.2) is 17.3 Å². The average Bonchev–Trinajstić information content (AvgIpc) is 3.49. The minimum absolute atomic E-state index is 0.254. The lowest BCUT2D eigenvalue weighted by Gasteiger charge is -2.04. The number of amides is 1. The molecule has 0 radical (unpaired) electrons. The Morgan fingerprint density at radius 2 is 1.82 bits per heavy atom. The van der Waals surface area contributed by atoms with Crippen LogP contribution in [0.4, 0.5) is 5.69 Å². The van der Waals surface area contributed by atoms with Crippen LogP contribution in [0.3, 0.4) is 0 Å². The fourth-order valence-corrected chi connectivity index (χ4v) is 3.73. The molecule has 0 spiro atoms. The highest BCUT2D eigenvalue weighted by atomic mass is 32.1. The number of carbonyl (C=O) groups is 1. The third-order valence-electron chi connectivity index (χ3n) is 4.31. The van der Waals surface area contributed by atoms with Crippen LogP contribution < -0.4 is 14.8 Å². The number of ether oxygens (including phenoxy) is 2. The molecule has 5 rings (SSSR count). The van der Waals surface area contributed by atoms with Gasteiger partial charge in [0.05, 0.1) is 12.0 Å². The van der Waals surface area contributed by atoms with Gasteiger partial charge in [-0.1, -0.05) is 0 Å². The van der Waals surface area contributed by atoms with Crippen molar-refractivity contribution in [2.45, 2.75) is 0 Å². The molecule has 1 aliphatic rings. The number of hydrogen-bond donors (Lipinski definition) is 1. The number of hydrogen-bond acceptors (Lipinski definition) is 6. The largest absolute Gasteiger partial charge is 0.459 e. The maximum absolute atomic E-state index is 12.0. The van der Waals surface area contributed by atoms with Crippen molar-refractivity contribution in [3.8, 4) is 33.3 Å². The van der Waals surface area contributed by atoms with Crippen LogP contribution in [-0.4, -0.2) is 17.7 Å². The molecule has 0 saturated carbocycles. The first-order chi connectivity index (χ1) is 13.8. The number of fused-ring (bicyclic) bond motifs is 1. The second kappa shape index (κ2) is 6.86. The van der Waals surface area contributed by atoms with Gasteiger partial charge in [0.1, 0.15) is 5.01 Å². The van der Waals surface area contributed by atoms with Gasteiger partial charge in [0.25, 0.3) is 5.91 Å². The highest BCUT2D eigenvalue weighted by Crippen LogP contribution is 2.37. The second-order valence-electron chi connectivity index (χ2n) is 6.11. The molecule has 0 atom stereocenters.